The van der Waals surface area contributed by atoms with Crippen LogP contribution in [0.3, 0.4) is 0 Å². The molecule has 1 aromatic rings. The Morgan fingerprint density at radius 2 is 2.16 bits per heavy atom. The number of anilines is 1. The maximum absolute atomic E-state index is 11.5. The van der Waals surface area contributed by atoms with Gasteiger partial charge in [-0.05, 0) is 25.5 Å². The Bertz CT molecular complexity index is 513. The van der Waals surface area contributed by atoms with Crippen molar-refractivity contribution in [2.75, 3.05) is 18.0 Å². The smallest absolute Gasteiger partial charge is 0.328 e. The minimum absolute atomic E-state index is 0.209. The van der Waals surface area contributed by atoms with E-state index in [1.54, 1.807) is 0 Å². The molecule has 1 saturated heterocycles. The minimum Gasteiger partial charge on any atom is -0.480 e. The van der Waals surface area contributed by atoms with Crippen LogP contribution in [0.4, 0.5) is 5.69 Å². The van der Waals surface area contributed by atoms with Gasteiger partial charge in [-0.3, -0.25) is 4.79 Å². The number of carbonyl (C=O) groups excluding carboxylic acids is 1. The Hall–Kier alpha value is -2.04. The van der Waals surface area contributed by atoms with Crippen LogP contribution in [0, 0.1) is 13.8 Å². The van der Waals surface area contributed by atoms with Crippen LogP contribution in [-0.4, -0.2) is 36.1 Å². The number of nitrogens with one attached hydrogen (secondary N) is 1. The lowest BCUT2D eigenvalue weighted by atomic mass is 10.1. The number of nitrogens with zero attached hydrogens (tertiary/aromatic N) is 1. The fourth-order valence-electron chi connectivity index (χ4n) is 2.38. The fourth-order valence-corrected chi connectivity index (χ4v) is 2.38. The summed E-state index contributed by atoms with van der Waals surface area (Å²) in [5.74, 6) is -1.20. The Morgan fingerprint density at radius 3 is 2.79 bits per heavy atom. The van der Waals surface area contributed by atoms with Crippen LogP contribution < -0.4 is 10.2 Å². The fraction of sp³-hybridized carbons (Fsp3) is 0.429. The topological polar surface area (TPSA) is 69.6 Å². The first-order chi connectivity index (χ1) is 8.97. The van der Waals surface area contributed by atoms with Crippen LogP contribution in [0.5, 0.6) is 0 Å². The zero-order valence-corrected chi connectivity index (χ0v) is 11.1. The maximum atomic E-state index is 11.5. The average molecular weight is 262 g/mol. The summed E-state index contributed by atoms with van der Waals surface area (Å²) in [6.07, 6.45) is 0.317. The molecule has 1 aromatic carbocycles. The molecule has 1 aliphatic rings. The van der Waals surface area contributed by atoms with E-state index in [-0.39, 0.29) is 5.91 Å². The van der Waals surface area contributed by atoms with Crippen molar-refractivity contribution >= 4 is 17.6 Å². The highest BCUT2D eigenvalue weighted by molar-refractivity contribution is 5.85. The summed E-state index contributed by atoms with van der Waals surface area (Å²) in [4.78, 5) is 24.6. The van der Waals surface area contributed by atoms with E-state index in [1.165, 1.54) is 5.56 Å². The largest absolute Gasteiger partial charge is 0.480 e. The maximum Gasteiger partial charge on any atom is 0.328 e. The van der Waals surface area contributed by atoms with Crippen LogP contribution in [0.15, 0.2) is 18.2 Å². The van der Waals surface area contributed by atoms with Gasteiger partial charge in [-0.1, -0.05) is 17.7 Å². The summed E-state index contributed by atoms with van der Waals surface area (Å²) in [6, 6.07) is 5.19. The second kappa shape index (κ2) is 5.30. The first kappa shape index (κ1) is 13.4. The van der Waals surface area contributed by atoms with E-state index >= 15 is 0 Å². The molecule has 2 rings (SSSR count). The van der Waals surface area contributed by atoms with Gasteiger partial charge in [0.05, 0.1) is 0 Å². The Labute approximate surface area is 112 Å². The zero-order valence-electron chi connectivity index (χ0n) is 11.1. The van der Waals surface area contributed by atoms with E-state index in [4.69, 9.17) is 5.11 Å². The molecule has 102 valence electrons. The summed E-state index contributed by atoms with van der Waals surface area (Å²) in [5.41, 5.74) is 3.26. The van der Waals surface area contributed by atoms with Crippen molar-refractivity contribution in [3.8, 4) is 0 Å². The van der Waals surface area contributed by atoms with Gasteiger partial charge in [0.1, 0.15) is 6.04 Å². The molecular weight excluding hydrogens is 244 g/mol. The Balaban J connectivity index is 2.27. The molecule has 5 heteroatoms. The van der Waals surface area contributed by atoms with E-state index in [2.05, 4.69) is 11.4 Å². The second-order valence-electron chi connectivity index (χ2n) is 4.94. The van der Waals surface area contributed by atoms with Gasteiger partial charge in [0.15, 0.2) is 0 Å². The molecule has 1 heterocycles. The van der Waals surface area contributed by atoms with Crippen LogP contribution in [0.2, 0.25) is 0 Å². The monoisotopic (exact) mass is 262 g/mol. The molecule has 0 aliphatic carbocycles. The molecule has 1 amide bonds. The van der Waals surface area contributed by atoms with E-state index < -0.39 is 12.0 Å². The number of carboxylic acids is 1. The van der Waals surface area contributed by atoms with Gasteiger partial charge in [-0.25, -0.2) is 4.79 Å². The van der Waals surface area contributed by atoms with Crippen molar-refractivity contribution in [2.45, 2.75) is 26.3 Å². The number of benzene rings is 1. The summed E-state index contributed by atoms with van der Waals surface area (Å²) in [6.45, 7) is 4.85. The number of hydrogen-bond acceptors (Lipinski definition) is 3. The summed E-state index contributed by atoms with van der Waals surface area (Å²) < 4.78 is 0. The molecule has 0 spiro atoms. The highest BCUT2D eigenvalue weighted by atomic mass is 16.4. The van der Waals surface area contributed by atoms with E-state index in [1.807, 2.05) is 30.9 Å². The molecule has 0 radical (unpaired) electrons. The number of hydrogen-bond donors (Lipinski definition) is 2. The normalized spacial score (nSPS) is 19.8. The SMILES string of the molecule is Cc1ccc(N2CCC(=O)NC(C(=O)O)C2)c(C)c1. The third-order valence-electron chi connectivity index (χ3n) is 3.34. The summed E-state index contributed by atoms with van der Waals surface area (Å²) >= 11 is 0. The highest BCUT2D eigenvalue weighted by Gasteiger charge is 2.27. The van der Waals surface area contributed by atoms with Gasteiger partial charge in [0.25, 0.3) is 0 Å². The first-order valence-electron chi connectivity index (χ1n) is 6.32. The summed E-state index contributed by atoms with van der Waals surface area (Å²) in [5, 5.41) is 11.6. The number of aryl methyl sites for hydroxylation is 2. The number of carboxylic acid groups (broad SMARTS) is 1. The molecule has 0 bridgehead atoms. The standard InChI is InChI=1S/C14H18N2O3/c1-9-3-4-12(10(2)7-9)16-6-5-13(17)15-11(8-16)14(18)19/h3-4,7,11H,5-6,8H2,1-2H3,(H,15,17)(H,18,19). The average Bonchev–Trinajstić information content (AvgIpc) is 2.51. The third kappa shape index (κ3) is 3.05. The first-order valence-corrected chi connectivity index (χ1v) is 6.32. The highest BCUT2D eigenvalue weighted by Crippen LogP contribution is 2.22. The lowest BCUT2D eigenvalue weighted by Gasteiger charge is -2.26. The van der Waals surface area contributed by atoms with Crippen LogP contribution in [0.25, 0.3) is 0 Å². The third-order valence-corrected chi connectivity index (χ3v) is 3.34. The Morgan fingerprint density at radius 1 is 1.42 bits per heavy atom. The molecule has 0 aromatic heterocycles. The summed E-state index contributed by atoms with van der Waals surface area (Å²) in [7, 11) is 0. The number of rotatable bonds is 2. The molecule has 1 fully saturated rings. The lowest BCUT2D eigenvalue weighted by molar-refractivity contribution is -0.141. The molecular formula is C14H18N2O3. The number of amides is 1. The van der Waals surface area contributed by atoms with Gasteiger partial charge in [0.2, 0.25) is 5.91 Å². The lowest BCUT2D eigenvalue weighted by Crippen LogP contribution is -2.45. The molecule has 1 aliphatic heterocycles. The second-order valence-corrected chi connectivity index (χ2v) is 4.94. The van der Waals surface area contributed by atoms with Crippen LogP contribution >= 0.6 is 0 Å². The van der Waals surface area contributed by atoms with Crippen molar-refractivity contribution in [1.29, 1.82) is 0 Å². The van der Waals surface area contributed by atoms with Crippen molar-refractivity contribution < 1.29 is 14.7 Å². The van der Waals surface area contributed by atoms with Gasteiger partial charge in [-0.2, -0.15) is 0 Å². The molecule has 19 heavy (non-hydrogen) atoms. The Kier molecular flexibility index (Phi) is 3.74. The number of aliphatic carboxylic acids is 1. The predicted molar refractivity (Wildman–Crippen MR) is 72.3 cm³/mol. The van der Waals surface area contributed by atoms with E-state index in [0.717, 1.165) is 11.3 Å². The molecule has 0 saturated carbocycles. The van der Waals surface area contributed by atoms with Crippen molar-refractivity contribution in [3.05, 3.63) is 29.3 Å². The van der Waals surface area contributed by atoms with Gasteiger partial charge >= 0.3 is 5.97 Å². The minimum atomic E-state index is -0.995. The van der Waals surface area contributed by atoms with Crippen molar-refractivity contribution in [3.63, 3.8) is 0 Å². The van der Waals surface area contributed by atoms with Crippen molar-refractivity contribution in [1.82, 2.24) is 5.32 Å². The van der Waals surface area contributed by atoms with Crippen molar-refractivity contribution in [2.24, 2.45) is 0 Å². The number of carbonyl (C=O) groups is 2. The molecule has 5 nitrogen and oxygen atoms in total. The quantitative estimate of drug-likeness (QED) is 0.837. The zero-order chi connectivity index (χ0) is 14.0. The van der Waals surface area contributed by atoms with Crippen LogP contribution in [0.1, 0.15) is 17.5 Å². The molecule has 2 N–H and O–H groups in total. The predicted octanol–water partition coefficient (Wildman–Crippen LogP) is 1.08. The van der Waals surface area contributed by atoms with Gasteiger partial charge in [0, 0.05) is 25.2 Å². The molecule has 1 unspecified atom stereocenters. The van der Waals surface area contributed by atoms with E-state index in [0.29, 0.717) is 19.5 Å². The van der Waals surface area contributed by atoms with Gasteiger partial charge < -0.3 is 15.3 Å². The van der Waals surface area contributed by atoms with E-state index in [9.17, 15) is 9.59 Å². The molecule has 1 atom stereocenters. The van der Waals surface area contributed by atoms with Gasteiger partial charge in [-0.15, -0.1) is 0 Å². The van der Waals surface area contributed by atoms with Crippen LogP contribution in [-0.2, 0) is 9.59 Å².